The van der Waals surface area contributed by atoms with Crippen LogP contribution >= 0.6 is 0 Å². The van der Waals surface area contributed by atoms with Crippen molar-refractivity contribution >= 4 is 16.8 Å². The Kier molecular flexibility index (Phi) is 7.21. The summed E-state index contributed by atoms with van der Waals surface area (Å²) in [6, 6.07) is 6.29. The molecule has 4 atom stereocenters. The highest BCUT2D eigenvalue weighted by atomic mass is 32.2. The summed E-state index contributed by atoms with van der Waals surface area (Å²) < 4.78 is 25.6. The van der Waals surface area contributed by atoms with Gasteiger partial charge in [-0.15, -0.1) is 0 Å². The normalized spacial score (nSPS) is 23.3. The quantitative estimate of drug-likeness (QED) is 0.824. The molecular formula is C18H27FN2O2S. The summed E-state index contributed by atoms with van der Waals surface area (Å²) in [5.74, 6) is 0.423. The molecule has 6 heteroatoms. The Morgan fingerprint density at radius 2 is 2.12 bits per heavy atom. The molecule has 2 rings (SSSR count). The Morgan fingerprint density at radius 1 is 1.38 bits per heavy atom. The molecule has 1 aliphatic rings. The number of benzene rings is 1. The van der Waals surface area contributed by atoms with Gasteiger partial charge in [0, 0.05) is 33.9 Å². The van der Waals surface area contributed by atoms with Gasteiger partial charge in [0.25, 0.3) is 0 Å². The zero-order valence-corrected chi connectivity index (χ0v) is 15.2. The van der Waals surface area contributed by atoms with Gasteiger partial charge in [-0.3, -0.25) is 4.21 Å². The van der Waals surface area contributed by atoms with Crippen LogP contribution < -0.4 is 10.6 Å². The summed E-state index contributed by atoms with van der Waals surface area (Å²) >= 11 is 0. The Labute approximate surface area is 146 Å². The fourth-order valence-electron chi connectivity index (χ4n) is 3.25. The van der Waals surface area contributed by atoms with Crippen molar-refractivity contribution in [2.45, 2.75) is 63.3 Å². The fraction of sp³-hybridized carbons (Fsp3) is 0.611. The predicted molar refractivity (Wildman–Crippen MR) is 96.0 cm³/mol. The van der Waals surface area contributed by atoms with Gasteiger partial charge < -0.3 is 10.6 Å². The zero-order valence-electron chi connectivity index (χ0n) is 14.4. The standard InChI is InChI=1S/C18H27FN2O2S/c1-3-24(23)16-9-6-8-15(12-16)21-18(22)20-13(2)11-14-7-4-5-10-17(14)19/h4-5,7,10,13,15-16H,3,6,8-9,11-12H2,1-2H3,(H2,20,21,22). The number of rotatable bonds is 6. The molecule has 1 aliphatic carbocycles. The van der Waals surface area contributed by atoms with Crippen LogP contribution in [0.25, 0.3) is 0 Å². The number of nitrogens with one attached hydrogen (secondary N) is 2. The third-order valence-corrected chi connectivity index (χ3v) is 6.22. The van der Waals surface area contributed by atoms with Gasteiger partial charge in [-0.25, -0.2) is 9.18 Å². The van der Waals surface area contributed by atoms with Crippen LogP contribution in [0.4, 0.5) is 9.18 Å². The van der Waals surface area contributed by atoms with Gasteiger partial charge in [-0.2, -0.15) is 0 Å². The van der Waals surface area contributed by atoms with Crippen LogP contribution in [0.15, 0.2) is 24.3 Å². The van der Waals surface area contributed by atoms with Crippen LogP contribution in [0.3, 0.4) is 0 Å². The van der Waals surface area contributed by atoms with E-state index in [4.69, 9.17) is 0 Å². The topological polar surface area (TPSA) is 58.2 Å². The molecule has 0 saturated heterocycles. The van der Waals surface area contributed by atoms with Gasteiger partial charge in [0.05, 0.1) is 0 Å². The molecule has 4 nitrogen and oxygen atoms in total. The van der Waals surface area contributed by atoms with Crippen LogP contribution in [0, 0.1) is 5.82 Å². The molecule has 0 aromatic heterocycles. The van der Waals surface area contributed by atoms with Crippen molar-refractivity contribution in [3.05, 3.63) is 35.6 Å². The van der Waals surface area contributed by atoms with Crippen LogP contribution in [-0.4, -0.2) is 33.3 Å². The highest BCUT2D eigenvalue weighted by Gasteiger charge is 2.26. The van der Waals surface area contributed by atoms with Crippen molar-refractivity contribution in [1.29, 1.82) is 0 Å². The van der Waals surface area contributed by atoms with Crippen molar-refractivity contribution in [2.75, 3.05) is 5.75 Å². The maximum absolute atomic E-state index is 13.7. The zero-order chi connectivity index (χ0) is 17.5. The van der Waals surface area contributed by atoms with E-state index in [1.807, 2.05) is 13.8 Å². The molecule has 0 bridgehead atoms. The molecule has 24 heavy (non-hydrogen) atoms. The van der Waals surface area contributed by atoms with E-state index in [0.717, 1.165) is 25.7 Å². The summed E-state index contributed by atoms with van der Waals surface area (Å²) in [5, 5.41) is 6.03. The monoisotopic (exact) mass is 354 g/mol. The average molecular weight is 354 g/mol. The third-order valence-electron chi connectivity index (χ3n) is 4.48. The molecule has 0 radical (unpaired) electrons. The lowest BCUT2D eigenvalue weighted by molar-refractivity contribution is 0.229. The SMILES string of the molecule is CCS(=O)C1CCCC(NC(=O)NC(C)Cc2ccccc2F)C1. The first-order valence-electron chi connectivity index (χ1n) is 8.67. The van der Waals surface area contributed by atoms with E-state index in [2.05, 4.69) is 10.6 Å². The maximum atomic E-state index is 13.7. The summed E-state index contributed by atoms with van der Waals surface area (Å²) in [4.78, 5) is 12.2. The second-order valence-electron chi connectivity index (χ2n) is 6.47. The van der Waals surface area contributed by atoms with Crippen molar-refractivity contribution in [3.63, 3.8) is 0 Å². The summed E-state index contributed by atoms with van der Waals surface area (Å²) in [5.41, 5.74) is 0.598. The average Bonchev–Trinajstić information content (AvgIpc) is 2.56. The Morgan fingerprint density at radius 3 is 2.83 bits per heavy atom. The lowest BCUT2D eigenvalue weighted by atomic mass is 9.95. The van der Waals surface area contributed by atoms with E-state index >= 15 is 0 Å². The first kappa shape index (κ1) is 18.9. The van der Waals surface area contributed by atoms with E-state index in [1.165, 1.54) is 6.07 Å². The number of carbonyl (C=O) groups excluding carboxylic acids is 1. The molecule has 0 spiro atoms. The number of hydrogen-bond acceptors (Lipinski definition) is 2. The van der Waals surface area contributed by atoms with Crippen molar-refractivity contribution in [2.24, 2.45) is 0 Å². The first-order valence-corrected chi connectivity index (χ1v) is 10.1. The van der Waals surface area contributed by atoms with Gasteiger partial charge in [-0.1, -0.05) is 31.5 Å². The number of halogens is 1. The van der Waals surface area contributed by atoms with Gasteiger partial charge in [0.15, 0.2) is 0 Å². The van der Waals surface area contributed by atoms with Crippen LogP contribution in [0.2, 0.25) is 0 Å². The molecule has 4 unspecified atom stereocenters. The fourth-order valence-corrected chi connectivity index (χ4v) is 4.59. The Hall–Kier alpha value is -1.43. The molecule has 134 valence electrons. The lowest BCUT2D eigenvalue weighted by Gasteiger charge is -2.29. The van der Waals surface area contributed by atoms with E-state index in [-0.39, 0.29) is 29.2 Å². The molecule has 1 aromatic rings. The molecule has 1 aromatic carbocycles. The van der Waals surface area contributed by atoms with E-state index in [1.54, 1.807) is 18.2 Å². The minimum atomic E-state index is -0.802. The number of carbonyl (C=O) groups is 1. The number of amides is 2. The number of urea groups is 1. The molecule has 1 fully saturated rings. The first-order chi connectivity index (χ1) is 11.5. The molecule has 1 saturated carbocycles. The van der Waals surface area contributed by atoms with Crippen molar-refractivity contribution < 1.29 is 13.4 Å². The smallest absolute Gasteiger partial charge is 0.315 e. The van der Waals surface area contributed by atoms with Gasteiger partial charge in [0.1, 0.15) is 5.82 Å². The summed E-state index contributed by atoms with van der Waals surface area (Å²) in [7, 11) is -0.802. The van der Waals surface area contributed by atoms with Gasteiger partial charge in [-0.05, 0) is 44.2 Å². The third kappa shape index (κ3) is 5.58. The maximum Gasteiger partial charge on any atom is 0.315 e. The highest BCUT2D eigenvalue weighted by Crippen LogP contribution is 2.23. The van der Waals surface area contributed by atoms with E-state index in [9.17, 15) is 13.4 Å². The number of hydrogen-bond donors (Lipinski definition) is 2. The van der Waals surface area contributed by atoms with Crippen LogP contribution in [0.5, 0.6) is 0 Å². The minimum absolute atomic E-state index is 0.0694. The second-order valence-corrected chi connectivity index (χ2v) is 8.47. The molecule has 2 amide bonds. The Bertz CT molecular complexity index is 582. The minimum Gasteiger partial charge on any atom is -0.335 e. The lowest BCUT2D eigenvalue weighted by Crippen LogP contribution is -2.48. The van der Waals surface area contributed by atoms with Gasteiger partial charge in [0.2, 0.25) is 0 Å². The molecular weight excluding hydrogens is 327 g/mol. The van der Waals surface area contributed by atoms with E-state index < -0.39 is 10.8 Å². The highest BCUT2D eigenvalue weighted by molar-refractivity contribution is 7.85. The molecule has 0 aliphatic heterocycles. The largest absolute Gasteiger partial charge is 0.335 e. The predicted octanol–water partition coefficient (Wildman–Crippen LogP) is 3.14. The summed E-state index contributed by atoms with van der Waals surface area (Å²) in [6.45, 7) is 3.80. The van der Waals surface area contributed by atoms with Crippen LogP contribution in [0.1, 0.15) is 45.1 Å². The van der Waals surface area contributed by atoms with Crippen molar-refractivity contribution in [1.82, 2.24) is 10.6 Å². The van der Waals surface area contributed by atoms with Gasteiger partial charge >= 0.3 is 6.03 Å². The van der Waals surface area contributed by atoms with Crippen LogP contribution in [-0.2, 0) is 17.2 Å². The van der Waals surface area contributed by atoms with Crippen molar-refractivity contribution in [3.8, 4) is 0 Å². The molecule has 0 heterocycles. The summed E-state index contributed by atoms with van der Waals surface area (Å²) in [6.07, 6.45) is 4.12. The van der Waals surface area contributed by atoms with E-state index in [0.29, 0.717) is 17.7 Å². The molecule has 2 N–H and O–H groups in total. The second kappa shape index (κ2) is 9.16. The Balaban J connectivity index is 1.80.